The van der Waals surface area contributed by atoms with E-state index in [-0.39, 0.29) is 11.5 Å². The van der Waals surface area contributed by atoms with E-state index in [1.807, 2.05) is 24.0 Å². The lowest BCUT2D eigenvalue weighted by Gasteiger charge is -2.42. The van der Waals surface area contributed by atoms with Crippen LogP contribution in [0.3, 0.4) is 0 Å². The van der Waals surface area contributed by atoms with Crippen molar-refractivity contribution in [2.24, 2.45) is 12.8 Å². The van der Waals surface area contributed by atoms with Gasteiger partial charge in [-0.25, -0.2) is 0 Å². The van der Waals surface area contributed by atoms with Gasteiger partial charge in [-0.05, 0) is 34.3 Å². The van der Waals surface area contributed by atoms with E-state index in [9.17, 15) is 0 Å². The van der Waals surface area contributed by atoms with Gasteiger partial charge in [-0.15, -0.1) is 0 Å². The van der Waals surface area contributed by atoms with Crippen LogP contribution in [0, 0.1) is 0 Å². The molecule has 1 unspecified atom stereocenters. The first-order chi connectivity index (χ1) is 10.1. The number of nitrogens with two attached hydrogens (primary N) is 1. The number of hydrogen-bond acceptors (Lipinski definition) is 3. The van der Waals surface area contributed by atoms with Gasteiger partial charge in [0.1, 0.15) is 0 Å². The number of hydrogen-bond donors (Lipinski definition) is 1. The zero-order valence-corrected chi connectivity index (χ0v) is 13.7. The van der Waals surface area contributed by atoms with E-state index in [0.717, 1.165) is 36.2 Å². The number of benzene rings is 1. The van der Waals surface area contributed by atoms with Gasteiger partial charge >= 0.3 is 0 Å². The molecule has 1 aliphatic heterocycles. The predicted octanol–water partition coefficient (Wildman–Crippen LogP) is 2.93. The van der Waals surface area contributed by atoms with Gasteiger partial charge in [0.15, 0.2) is 0 Å². The number of ether oxygens (including phenoxy) is 1. The van der Waals surface area contributed by atoms with Crippen molar-refractivity contribution in [3.63, 3.8) is 0 Å². The van der Waals surface area contributed by atoms with Crippen LogP contribution in [0.25, 0.3) is 0 Å². The van der Waals surface area contributed by atoms with Crippen molar-refractivity contribution in [1.82, 2.24) is 9.78 Å². The molecule has 1 aromatic heterocycles. The number of nitrogens with zero attached hydrogens (tertiary/aromatic N) is 2. The van der Waals surface area contributed by atoms with Crippen LogP contribution in [0.15, 0.2) is 41.0 Å². The Bertz CT molecular complexity index is 586. The summed E-state index contributed by atoms with van der Waals surface area (Å²) in [5, 5.41) is 4.32. The third kappa shape index (κ3) is 2.54. The van der Waals surface area contributed by atoms with Gasteiger partial charge in [-0.3, -0.25) is 4.68 Å². The number of aromatic nitrogens is 2. The molecule has 0 aliphatic carbocycles. The average molecular weight is 350 g/mol. The minimum atomic E-state index is -0.120. The Labute approximate surface area is 133 Å². The monoisotopic (exact) mass is 349 g/mol. The van der Waals surface area contributed by atoms with Crippen molar-refractivity contribution >= 4 is 15.9 Å². The molecule has 2 aromatic rings. The first-order valence-electron chi connectivity index (χ1n) is 7.21. The molecule has 3 rings (SSSR count). The van der Waals surface area contributed by atoms with E-state index in [0.29, 0.717) is 0 Å². The Morgan fingerprint density at radius 3 is 2.52 bits per heavy atom. The molecule has 1 fully saturated rings. The molecule has 112 valence electrons. The highest BCUT2D eigenvalue weighted by molar-refractivity contribution is 9.10. The van der Waals surface area contributed by atoms with E-state index >= 15 is 0 Å². The lowest BCUT2D eigenvalue weighted by atomic mass is 9.68. The second-order valence-electron chi connectivity index (χ2n) is 5.61. The highest BCUT2D eigenvalue weighted by Gasteiger charge is 2.42. The first-order valence-corrected chi connectivity index (χ1v) is 8.01. The number of aryl methyl sites for hydroxylation is 1. The fourth-order valence-corrected chi connectivity index (χ4v) is 3.91. The molecule has 2 N–H and O–H groups in total. The Hall–Kier alpha value is -1.17. The third-order valence-corrected chi connectivity index (χ3v) is 5.17. The van der Waals surface area contributed by atoms with E-state index in [1.54, 1.807) is 0 Å². The second-order valence-corrected chi connectivity index (χ2v) is 6.47. The quantitative estimate of drug-likeness (QED) is 0.926. The Morgan fingerprint density at radius 1 is 1.29 bits per heavy atom. The van der Waals surface area contributed by atoms with Gasteiger partial charge in [-0.1, -0.05) is 30.3 Å². The van der Waals surface area contributed by atoms with Crippen LogP contribution in [0.5, 0.6) is 0 Å². The van der Waals surface area contributed by atoms with Crippen molar-refractivity contribution in [1.29, 1.82) is 0 Å². The normalized spacial score (nSPS) is 19.4. The fraction of sp³-hybridized carbons (Fsp3) is 0.438. The summed E-state index contributed by atoms with van der Waals surface area (Å²) in [5.74, 6) is 0. The average Bonchev–Trinajstić information content (AvgIpc) is 2.87. The predicted molar refractivity (Wildman–Crippen MR) is 86.0 cm³/mol. The highest BCUT2D eigenvalue weighted by atomic mass is 79.9. The van der Waals surface area contributed by atoms with Crippen molar-refractivity contribution < 1.29 is 4.74 Å². The van der Waals surface area contributed by atoms with Crippen molar-refractivity contribution in [2.75, 3.05) is 13.2 Å². The molecule has 21 heavy (non-hydrogen) atoms. The molecular weight excluding hydrogens is 330 g/mol. The molecule has 0 amide bonds. The molecule has 1 aromatic carbocycles. The Balaban J connectivity index is 2.08. The number of halogens is 1. The van der Waals surface area contributed by atoms with Crippen LogP contribution >= 0.6 is 15.9 Å². The van der Waals surface area contributed by atoms with E-state index < -0.39 is 0 Å². The fourth-order valence-electron chi connectivity index (χ4n) is 3.32. The van der Waals surface area contributed by atoms with E-state index in [4.69, 9.17) is 10.5 Å². The highest BCUT2D eigenvalue weighted by Crippen LogP contribution is 2.45. The molecular formula is C16H20BrN3O. The molecule has 4 nitrogen and oxygen atoms in total. The molecule has 0 spiro atoms. The van der Waals surface area contributed by atoms with Gasteiger partial charge in [0.25, 0.3) is 0 Å². The van der Waals surface area contributed by atoms with Crippen molar-refractivity contribution in [3.8, 4) is 0 Å². The van der Waals surface area contributed by atoms with E-state index in [2.05, 4.69) is 45.3 Å². The Morgan fingerprint density at radius 2 is 1.95 bits per heavy atom. The molecule has 1 aliphatic rings. The van der Waals surface area contributed by atoms with Crippen LogP contribution in [-0.4, -0.2) is 23.0 Å². The second kappa shape index (κ2) is 5.91. The zero-order valence-electron chi connectivity index (χ0n) is 12.1. The summed E-state index contributed by atoms with van der Waals surface area (Å²) >= 11 is 3.59. The van der Waals surface area contributed by atoms with Crippen molar-refractivity contribution in [2.45, 2.75) is 24.3 Å². The van der Waals surface area contributed by atoms with Gasteiger partial charge in [0, 0.05) is 25.7 Å². The molecule has 0 saturated carbocycles. The summed E-state index contributed by atoms with van der Waals surface area (Å²) in [6.07, 6.45) is 3.67. The van der Waals surface area contributed by atoms with Crippen LogP contribution in [0.4, 0.5) is 0 Å². The summed E-state index contributed by atoms with van der Waals surface area (Å²) < 4.78 is 8.43. The maximum atomic E-state index is 6.74. The van der Waals surface area contributed by atoms with E-state index in [1.165, 1.54) is 5.56 Å². The summed E-state index contributed by atoms with van der Waals surface area (Å²) in [4.78, 5) is 0. The standard InChI is InChI=1S/C16H20BrN3O/c1-20-14(13(17)11-19-20)15(18)16(7-9-21-10-8-16)12-5-3-2-4-6-12/h2-6,11,15H,7-10,18H2,1H3. The number of rotatable bonds is 3. The minimum absolute atomic E-state index is 0.101. The molecule has 1 atom stereocenters. The van der Waals surface area contributed by atoms with Crippen LogP contribution < -0.4 is 5.73 Å². The topological polar surface area (TPSA) is 53.1 Å². The summed E-state index contributed by atoms with van der Waals surface area (Å²) in [5.41, 5.74) is 8.96. The first kappa shape index (κ1) is 14.8. The largest absolute Gasteiger partial charge is 0.381 e. The van der Waals surface area contributed by atoms with Gasteiger partial charge < -0.3 is 10.5 Å². The van der Waals surface area contributed by atoms with Crippen molar-refractivity contribution in [3.05, 3.63) is 52.3 Å². The molecule has 5 heteroatoms. The Kier molecular flexibility index (Phi) is 4.15. The van der Waals surface area contributed by atoms with Crippen LogP contribution in [-0.2, 0) is 17.2 Å². The molecule has 2 heterocycles. The minimum Gasteiger partial charge on any atom is -0.381 e. The van der Waals surface area contributed by atoms with Gasteiger partial charge in [0.2, 0.25) is 0 Å². The maximum absolute atomic E-state index is 6.74. The lowest BCUT2D eigenvalue weighted by Crippen LogP contribution is -2.44. The smallest absolute Gasteiger partial charge is 0.0699 e. The van der Waals surface area contributed by atoms with Gasteiger partial charge in [0.05, 0.1) is 22.4 Å². The third-order valence-electron chi connectivity index (χ3n) is 4.56. The maximum Gasteiger partial charge on any atom is 0.0699 e. The SMILES string of the molecule is Cn1ncc(Br)c1C(N)C1(c2ccccc2)CCOCC1. The van der Waals surface area contributed by atoms with Crippen LogP contribution in [0.2, 0.25) is 0 Å². The summed E-state index contributed by atoms with van der Waals surface area (Å²) in [6, 6.07) is 10.4. The molecule has 0 radical (unpaired) electrons. The zero-order chi connectivity index (χ0) is 14.9. The lowest BCUT2D eigenvalue weighted by molar-refractivity contribution is 0.0386. The van der Waals surface area contributed by atoms with Crippen LogP contribution in [0.1, 0.15) is 30.1 Å². The molecule has 1 saturated heterocycles. The summed E-state index contributed by atoms with van der Waals surface area (Å²) in [7, 11) is 1.94. The van der Waals surface area contributed by atoms with Gasteiger partial charge in [-0.2, -0.15) is 5.10 Å². The summed E-state index contributed by atoms with van der Waals surface area (Å²) in [6.45, 7) is 1.50. The molecule has 0 bridgehead atoms.